The summed E-state index contributed by atoms with van der Waals surface area (Å²) >= 11 is 0. The Kier molecular flexibility index (Phi) is 5.58. The van der Waals surface area contributed by atoms with Crippen molar-refractivity contribution < 1.29 is 9.59 Å². The second-order valence-corrected chi connectivity index (χ2v) is 3.96. The molecule has 0 aliphatic heterocycles. The maximum absolute atomic E-state index is 11.6. The molecule has 1 aromatic rings. The molecular formula is C14H17N3O2. The molecule has 0 atom stereocenters. The zero-order valence-corrected chi connectivity index (χ0v) is 11.0. The van der Waals surface area contributed by atoms with Gasteiger partial charge in [0.15, 0.2) is 0 Å². The van der Waals surface area contributed by atoms with Crippen molar-refractivity contribution in [3.8, 4) is 12.3 Å². The topological polar surface area (TPSA) is 70.2 Å². The lowest BCUT2D eigenvalue weighted by Crippen LogP contribution is -2.28. The van der Waals surface area contributed by atoms with Crippen LogP contribution >= 0.6 is 0 Å². The predicted octanol–water partition coefficient (Wildman–Crippen LogP) is 0.516. The number of benzene rings is 1. The lowest BCUT2D eigenvalue weighted by molar-refractivity contribution is -0.115. The first-order chi connectivity index (χ1) is 9.08. The highest BCUT2D eigenvalue weighted by molar-refractivity contribution is 5.98. The number of nitrogens with one attached hydrogen (secondary N) is 3. The van der Waals surface area contributed by atoms with Crippen molar-refractivity contribution in [2.24, 2.45) is 0 Å². The lowest BCUT2D eigenvalue weighted by atomic mass is 10.1. The molecule has 0 aromatic heterocycles. The molecule has 1 aromatic carbocycles. The van der Waals surface area contributed by atoms with Gasteiger partial charge in [0, 0.05) is 18.3 Å². The lowest BCUT2D eigenvalue weighted by Gasteiger charge is -2.10. The number of hydrogen-bond donors (Lipinski definition) is 3. The van der Waals surface area contributed by atoms with Gasteiger partial charge in [0.1, 0.15) is 0 Å². The zero-order chi connectivity index (χ0) is 14.3. The number of terminal acetylenes is 1. The predicted molar refractivity (Wildman–Crippen MR) is 74.9 cm³/mol. The van der Waals surface area contributed by atoms with E-state index in [1.165, 1.54) is 0 Å². The smallest absolute Gasteiger partial charge is 0.251 e. The number of anilines is 1. The number of hydrogen-bond acceptors (Lipinski definition) is 3. The van der Waals surface area contributed by atoms with Gasteiger partial charge in [-0.05, 0) is 24.6 Å². The Morgan fingerprint density at radius 2 is 2.11 bits per heavy atom. The van der Waals surface area contributed by atoms with E-state index in [1.807, 2.05) is 6.92 Å². The minimum absolute atomic E-state index is 0.133. The largest absolute Gasteiger partial charge is 0.355 e. The van der Waals surface area contributed by atoms with Crippen molar-refractivity contribution in [3.05, 3.63) is 29.3 Å². The molecule has 0 aliphatic rings. The van der Waals surface area contributed by atoms with E-state index < -0.39 is 0 Å². The minimum atomic E-state index is -0.201. The van der Waals surface area contributed by atoms with E-state index in [2.05, 4.69) is 21.9 Å². The second kappa shape index (κ2) is 7.19. The fraction of sp³-hybridized carbons (Fsp3) is 0.286. The summed E-state index contributed by atoms with van der Waals surface area (Å²) in [6.45, 7) is 2.33. The van der Waals surface area contributed by atoms with E-state index >= 15 is 0 Å². The van der Waals surface area contributed by atoms with Crippen molar-refractivity contribution in [1.29, 1.82) is 0 Å². The Hall–Kier alpha value is -2.32. The molecule has 2 amide bonds. The van der Waals surface area contributed by atoms with Gasteiger partial charge in [-0.3, -0.25) is 14.9 Å². The van der Waals surface area contributed by atoms with E-state index in [4.69, 9.17) is 6.42 Å². The molecule has 0 saturated heterocycles. The number of carbonyl (C=O) groups is 2. The fourth-order valence-electron chi connectivity index (χ4n) is 1.48. The Labute approximate surface area is 112 Å². The van der Waals surface area contributed by atoms with Gasteiger partial charge >= 0.3 is 0 Å². The highest BCUT2D eigenvalue weighted by atomic mass is 16.2. The van der Waals surface area contributed by atoms with Gasteiger partial charge in [-0.15, -0.1) is 6.42 Å². The van der Waals surface area contributed by atoms with Crippen LogP contribution < -0.4 is 16.0 Å². The van der Waals surface area contributed by atoms with Crippen LogP contribution in [0.1, 0.15) is 15.9 Å². The summed E-state index contributed by atoms with van der Waals surface area (Å²) in [6.07, 6.45) is 5.07. The van der Waals surface area contributed by atoms with E-state index in [9.17, 15) is 9.59 Å². The average molecular weight is 259 g/mol. The first-order valence-corrected chi connectivity index (χ1v) is 5.85. The molecule has 5 heteroatoms. The summed E-state index contributed by atoms with van der Waals surface area (Å²) in [4.78, 5) is 23.2. The molecule has 0 unspecified atom stereocenters. The Balaban J connectivity index is 2.74. The summed E-state index contributed by atoms with van der Waals surface area (Å²) < 4.78 is 0. The molecule has 1 rings (SSSR count). The van der Waals surface area contributed by atoms with Crippen molar-refractivity contribution in [1.82, 2.24) is 10.6 Å². The SMILES string of the molecule is C#CCNCC(=O)Nc1cc(C(=O)NC)ccc1C. The summed E-state index contributed by atoms with van der Waals surface area (Å²) in [5.74, 6) is 1.99. The summed E-state index contributed by atoms with van der Waals surface area (Å²) in [6, 6.07) is 5.14. The molecule has 3 N–H and O–H groups in total. The summed E-state index contributed by atoms with van der Waals surface area (Å²) in [5, 5.41) is 8.07. The molecule has 0 aliphatic carbocycles. The third-order valence-electron chi connectivity index (χ3n) is 2.51. The fourth-order valence-corrected chi connectivity index (χ4v) is 1.48. The first kappa shape index (κ1) is 14.7. The van der Waals surface area contributed by atoms with Crippen LogP contribution in [0.25, 0.3) is 0 Å². The van der Waals surface area contributed by atoms with E-state index in [1.54, 1.807) is 25.2 Å². The molecule has 0 spiro atoms. The Bertz CT molecular complexity index is 518. The molecule has 0 fully saturated rings. The third kappa shape index (κ3) is 4.45. The maximum Gasteiger partial charge on any atom is 0.251 e. The van der Waals surface area contributed by atoms with Crippen LogP contribution in [0.3, 0.4) is 0 Å². The highest BCUT2D eigenvalue weighted by Crippen LogP contribution is 2.16. The molecule has 100 valence electrons. The molecule has 19 heavy (non-hydrogen) atoms. The highest BCUT2D eigenvalue weighted by Gasteiger charge is 2.08. The first-order valence-electron chi connectivity index (χ1n) is 5.85. The van der Waals surface area contributed by atoms with E-state index in [0.717, 1.165) is 5.56 Å². The number of aryl methyl sites for hydroxylation is 1. The molecule has 0 saturated carbocycles. The zero-order valence-electron chi connectivity index (χ0n) is 11.0. The Morgan fingerprint density at radius 1 is 1.37 bits per heavy atom. The van der Waals surface area contributed by atoms with Crippen LogP contribution in [0, 0.1) is 19.3 Å². The minimum Gasteiger partial charge on any atom is -0.355 e. The van der Waals surface area contributed by atoms with Gasteiger partial charge in [0.05, 0.1) is 13.1 Å². The molecule has 0 radical (unpaired) electrons. The summed E-state index contributed by atoms with van der Waals surface area (Å²) in [7, 11) is 1.56. The Morgan fingerprint density at radius 3 is 2.74 bits per heavy atom. The van der Waals surface area contributed by atoms with Crippen molar-refractivity contribution in [3.63, 3.8) is 0 Å². The van der Waals surface area contributed by atoms with Crippen LogP contribution in [-0.4, -0.2) is 32.0 Å². The van der Waals surface area contributed by atoms with Crippen LogP contribution in [-0.2, 0) is 4.79 Å². The molecule has 0 heterocycles. The summed E-state index contributed by atoms with van der Waals surface area (Å²) in [5.41, 5.74) is 2.01. The maximum atomic E-state index is 11.6. The van der Waals surface area contributed by atoms with E-state index in [0.29, 0.717) is 17.8 Å². The standard InChI is InChI=1S/C14H17N3O2/c1-4-7-16-9-13(18)17-12-8-11(14(19)15-3)6-5-10(12)2/h1,5-6,8,16H,7,9H2,2-3H3,(H,15,19)(H,17,18). The normalized spacial score (nSPS) is 9.53. The number of amides is 2. The molecule has 5 nitrogen and oxygen atoms in total. The monoisotopic (exact) mass is 259 g/mol. The second-order valence-electron chi connectivity index (χ2n) is 3.96. The van der Waals surface area contributed by atoms with Crippen molar-refractivity contribution in [2.75, 3.05) is 25.5 Å². The van der Waals surface area contributed by atoms with Gasteiger partial charge in [0.2, 0.25) is 5.91 Å². The van der Waals surface area contributed by atoms with Crippen LogP contribution in [0.2, 0.25) is 0 Å². The quantitative estimate of drug-likeness (QED) is 0.533. The van der Waals surface area contributed by atoms with Crippen LogP contribution in [0.15, 0.2) is 18.2 Å². The van der Waals surface area contributed by atoms with Gasteiger partial charge in [0.25, 0.3) is 5.91 Å². The molecule has 0 bridgehead atoms. The van der Waals surface area contributed by atoms with Gasteiger partial charge in [-0.2, -0.15) is 0 Å². The number of rotatable bonds is 5. The van der Waals surface area contributed by atoms with Crippen molar-refractivity contribution >= 4 is 17.5 Å². The van der Waals surface area contributed by atoms with Gasteiger partial charge < -0.3 is 10.6 Å². The van der Waals surface area contributed by atoms with Gasteiger partial charge in [-0.25, -0.2) is 0 Å². The third-order valence-corrected chi connectivity index (χ3v) is 2.51. The molecular weight excluding hydrogens is 242 g/mol. The van der Waals surface area contributed by atoms with Crippen LogP contribution in [0.5, 0.6) is 0 Å². The van der Waals surface area contributed by atoms with Gasteiger partial charge in [-0.1, -0.05) is 12.0 Å². The van der Waals surface area contributed by atoms with Crippen molar-refractivity contribution in [2.45, 2.75) is 6.92 Å². The van der Waals surface area contributed by atoms with Crippen LogP contribution in [0.4, 0.5) is 5.69 Å². The van der Waals surface area contributed by atoms with E-state index in [-0.39, 0.29) is 18.4 Å². The average Bonchev–Trinajstić information content (AvgIpc) is 2.40. The number of carbonyl (C=O) groups excluding carboxylic acids is 2.